The predicted octanol–water partition coefficient (Wildman–Crippen LogP) is 1.49. The maximum absolute atomic E-state index is 4.14. The lowest BCUT2D eigenvalue weighted by molar-refractivity contribution is 0.787. The Morgan fingerprint density at radius 1 is 1.31 bits per heavy atom. The van der Waals surface area contributed by atoms with Crippen LogP contribution in [-0.2, 0) is 0 Å². The van der Waals surface area contributed by atoms with E-state index in [1.165, 1.54) is 6.33 Å². The third kappa shape index (κ3) is 2.48. The SMILES string of the molecule is CSc1cc(NC(C)c2ncn[nH]2)ncn1. The first-order valence-electron chi connectivity index (χ1n) is 4.77. The molecule has 0 amide bonds. The van der Waals surface area contributed by atoms with Gasteiger partial charge in [-0.15, -0.1) is 11.8 Å². The molecule has 16 heavy (non-hydrogen) atoms. The van der Waals surface area contributed by atoms with Crippen molar-refractivity contribution in [2.45, 2.75) is 18.0 Å². The number of thioether (sulfide) groups is 1. The molecule has 0 aliphatic carbocycles. The fraction of sp³-hybridized carbons (Fsp3) is 0.333. The molecule has 7 heteroatoms. The minimum absolute atomic E-state index is 0.0344. The van der Waals surface area contributed by atoms with Crippen molar-refractivity contribution in [2.75, 3.05) is 11.6 Å². The van der Waals surface area contributed by atoms with E-state index in [-0.39, 0.29) is 6.04 Å². The van der Waals surface area contributed by atoms with Crippen LogP contribution in [0, 0.1) is 0 Å². The van der Waals surface area contributed by atoms with E-state index in [0.29, 0.717) is 0 Å². The standard InChI is InChI=1S/C9H12N6S/c1-6(9-12-5-13-15-9)14-7-3-8(16-2)11-4-10-7/h3-6H,1-2H3,(H,10,11,14)(H,12,13,15). The molecule has 0 aromatic carbocycles. The van der Waals surface area contributed by atoms with Crippen LogP contribution in [-0.4, -0.2) is 31.4 Å². The topological polar surface area (TPSA) is 79.4 Å². The van der Waals surface area contributed by atoms with Gasteiger partial charge < -0.3 is 5.32 Å². The van der Waals surface area contributed by atoms with E-state index in [9.17, 15) is 0 Å². The number of anilines is 1. The maximum atomic E-state index is 4.14. The van der Waals surface area contributed by atoms with Gasteiger partial charge in [0.05, 0.1) is 6.04 Å². The number of aromatic nitrogens is 5. The van der Waals surface area contributed by atoms with Crippen molar-refractivity contribution >= 4 is 17.6 Å². The quantitative estimate of drug-likeness (QED) is 0.618. The summed E-state index contributed by atoms with van der Waals surface area (Å²) in [5.74, 6) is 1.56. The molecule has 0 saturated carbocycles. The molecule has 0 spiro atoms. The Kier molecular flexibility index (Phi) is 3.35. The number of H-pyrrole nitrogens is 1. The van der Waals surface area contributed by atoms with E-state index in [1.54, 1.807) is 18.1 Å². The Bertz CT molecular complexity index is 443. The Labute approximate surface area is 97.3 Å². The third-order valence-electron chi connectivity index (χ3n) is 2.06. The molecule has 0 radical (unpaired) electrons. The lowest BCUT2D eigenvalue weighted by Crippen LogP contribution is -2.09. The van der Waals surface area contributed by atoms with E-state index in [1.807, 2.05) is 19.2 Å². The van der Waals surface area contributed by atoms with Crippen LogP contribution < -0.4 is 5.32 Å². The van der Waals surface area contributed by atoms with E-state index >= 15 is 0 Å². The van der Waals surface area contributed by atoms with Crippen LogP contribution in [0.2, 0.25) is 0 Å². The van der Waals surface area contributed by atoms with Crippen molar-refractivity contribution in [3.63, 3.8) is 0 Å². The summed E-state index contributed by atoms with van der Waals surface area (Å²) in [5.41, 5.74) is 0. The van der Waals surface area contributed by atoms with Crippen LogP contribution >= 0.6 is 11.8 Å². The van der Waals surface area contributed by atoms with E-state index in [4.69, 9.17) is 0 Å². The van der Waals surface area contributed by atoms with Gasteiger partial charge in [-0.25, -0.2) is 15.0 Å². The molecule has 2 rings (SSSR count). The summed E-state index contributed by atoms with van der Waals surface area (Å²) < 4.78 is 0. The van der Waals surface area contributed by atoms with Gasteiger partial charge in [-0.05, 0) is 13.2 Å². The van der Waals surface area contributed by atoms with Gasteiger partial charge in [0, 0.05) is 6.07 Å². The molecule has 0 saturated heterocycles. The number of nitrogens with one attached hydrogen (secondary N) is 2. The molecule has 1 atom stereocenters. The second kappa shape index (κ2) is 4.93. The van der Waals surface area contributed by atoms with Crippen LogP contribution in [0.25, 0.3) is 0 Å². The highest BCUT2D eigenvalue weighted by Gasteiger charge is 2.08. The molecule has 2 N–H and O–H groups in total. The van der Waals surface area contributed by atoms with Crippen LogP contribution in [0.5, 0.6) is 0 Å². The van der Waals surface area contributed by atoms with Gasteiger partial charge in [0.1, 0.15) is 29.3 Å². The van der Waals surface area contributed by atoms with Gasteiger partial charge in [0.2, 0.25) is 0 Å². The van der Waals surface area contributed by atoms with Gasteiger partial charge >= 0.3 is 0 Å². The monoisotopic (exact) mass is 236 g/mol. The Hall–Kier alpha value is -1.63. The van der Waals surface area contributed by atoms with Gasteiger partial charge in [-0.1, -0.05) is 0 Å². The van der Waals surface area contributed by atoms with Crippen molar-refractivity contribution in [1.29, 1.82) is 0 Å². The predicted molar refractivity (Wildman–Crippen MR) is 62.2 cm³/mol. The zero-order valence-electron chi connectivity index (χ0n) is 9.01. The van der Waals surface area contributed by atoms with Crippen molar-refractivity contribution in [1.82, 2.24) is 25.1 Å². The molecule has 2 aromatic rings. The fourth-order valence-electron chi connectivity index (χ4n) is 1.24. The van der Waals surface area contributed by atoms with Crippen molar-refractivity contribution in [3.05, 3.63) is 24.5 Å². The molecule has 0 aliphatic rings. The Balaban J connectivity index is 2.08. The van der Waals surface area contributed by atoms with Gasteiger partial charge in [0.15, 0.2) is 0 Å². The largest absolute Gasteiger partial charge is 0.360 e. The van der Waals surface area contributed by atoms with Gasteiger partial charge in [-0.3, -0.25) is 5.10 Å². The zero-order valence-corrected chi connectivity index (χ0v) is 9.82. The Morgan fingerprint density at radius 2 is 2.19 bits per heavy atom. The molecule has 0 fully saturated rings. The molecule has 84 valence electrons. The van der Waals surface area contributed by atoms with Crippen molar-refractivity contribution < 1.29 is 0 Å². The summed E-state index contributed by atoms with van der Waals surface area (Å²) in [6, 6.07) is 1.93. The van der Waals surface area contributed by atoms with E-state index in [2.05, 4.69) is 30.5 Å². The normalized spacial score (nSPS) is 12.4. The smallest absolute Gasteiger partial charge is 0.146 e. The first-order valence-corrected chi connectivity index (χ1v) is 6.00. The average molecular weight is 236 g/mol. The van der Waals surface area contributed by atoms with Crippen molar-refractivity contribution in [3.8, 4) is 0 Å². The zero-order chi connectivity index (χ0) is 11.4. The van der Waals surface area contributed by atoms with E-state index < -0.39 is 0 Å². The summed E-state index contributed by atoms with van der Waals surface area (Å²) in [6.45, 7) is 1.99. The maximum Gasteiger partial charge on any atom is 0.146 e. The number of rotatable bonds is 4. The van der Waals surface area contributed by atoms with Gasteiger partial charge in [0.25, 0.3) is 0 Å². The molecular weight excluding hydrogens is 224 g/mol. The van der Waals surface area contributed by atoms with Crippen LogP contribution in [0.15, 0.2) is 23.7 Å². The number of aromatic amines is 1. The number of hydrogen-bond donors (Lipinski definition) is 2. The summed E-state index contributed by atoms with van der Waals surface area (Å²) in [7, 11) is 0. The second-order valence-electron chi connectivity index (χ2n) is 3.18. The molecule has 0 bridgehead atoms. The first-order chi connectivity index (χ1) is 7.79. The minimum Gasteiger partial charge on any atom is -0.360 e. The summed E-state index contributed by atoms with van der Waals surface area (Å²) in [4.78, 5) is 12.3. The highest BCUT2D eigenvalue weighted by Crippen LogP contribution is 2.17. The van der Waals surface area contributed by atoms with Crippen molar-refractivity contribution in [2.24, 2.45) is 0 Å². The number of nitrogens with zero attached hydrogens (tertiary/aromatic N) is 4. The fourth-order valence-corrected chi connectivity index (χ4v) is 1.63. The van der Waals surface area contributed by atoms with Crippen LogP contribution in [0.1, 0.15) is 18.8 Å². The summed E-state index contributed by atoms with van der Waals surface area (Å²) in [6.07, 6.45) is 5.01. The molecule has 0 aliphatic heterocycles. The Morgan fingerprint density at radius 3 is 2.88 bits per heavy atom. The highest BCUT2D eigenvalue weighted by molar-refractivity contribution is 7.98. The lowest BCUT2D eigenvalue weighted by atomic mass is 10.3. The molecular formula is C9H12N6S. The molecule has 2 aromatic heterocycles. The summed E-state index contributed by atoms with van der Waals surface area (Å²) in [5, 5.41) is 10.8. The van der Waals surface area contributed by atoms with E-state index in [0.717, 1.165) is 16.7 Å². The van der Waals surface area contributed by atoms with Crippen LogP contribution in [0.3, 0.4) is 0 Å². The molecule has 1 unspecified atom stereocenters. The summed E-state index contributed by atoms with van der Waals surface area (Å²) >= 11 is 1.58. The lowest BCUT2D eigenvalue weighted by Gasteiger charge is -2.11. The van der Waals surface area contributed by atoms with Crippen LogP contribution in [0.4, 0.5) is 5.82 Å². The molecule has 6 nitrogen and oxygen atoms in total. The highest BCUT2D eigenvalue weighted by atomic mass is 32.2. The first kappa shape index (κ1) is 10.9. The minimum atomic E-state index is 0.0344. The average Bonchev–Trinajstić information content (AvgIpc) is 2.83. The van der Waals surface area contributed by atoms with Gasteiger partial charge in [-0.2, -0.15) is 5.10 Å². The number of hydrogen-bond acceptors (Lipinski definition) is 6. The second-order valence-corrected chi connectivity index (χ2v) is 4.01. The molecule has 2 heterocycles. The third-order valence-corrected chi connectivity index (χ3v) is 2.70.